The van der Waals surface area contributed by atoms with Crippen LogP contribution in [0, 0.1) is 5.82 Å². The second-order valence-corrected chi connectivity index (χ2v) is 7.21. The second kappa shape index (κ2) is 6.07. The van der Waals surface area contributed by atoms with E-state index in [9.17, 15) is 4.39 Å². The lowest BCUT2D eigenvalue weighted by Gasteiger charge is -2.12. The first-order valence-corrected chi connectivity index (χ1v) is 8.83. The van der Waals surface area contributed by atoms with Crippen molar-refractivity contribution in [2.45, 2.75) is 4.83 Å². The minimum atomic E-state index is -0.348. The zero-order valence-electron chi connectivity index (χ0n) is 11.1. The molecular formula is C16H11Br2FOS. The van der Waals surface area contributed by atoms with Crippen molar-refractivity contribution in [3.63, 3.8) is 0 Å². The average Bonchev–Trinajstić information content (AvgIpc) is 2.92. The van der Waals surface area contributed by atoms with Gasteiger partial charge in [0, 0.05) is 9.17 Å². The molecule has 1 aromatic heterocycles. The Labute approximate surface area is 143 Å². The summed E-state index contributed by atoms with van der Waals surface area (Å²) in [5.74, 6) is -0.0865. The molecule has 0 radical (unpaired) electrons. The van der Waals surface area contributed by atoms with Gasteiger partial charge in [0.15, 0.2) is 11.6 Å². The molecule has 0 saturated heterocycles. The summed E-state index contributed by atoms with van der Waals surface area (Å²) in [5, 5.41) is 3.32. The Morgan fingerprint density at radius 2 is 2.05 bits per heavy atom. The summed E-state index contributed by atoms with van der Waals surface area (Å²) >= 11 is 8.99. The van der Waals surface area contributed by atoms with Crippen LogP contribution in [0.2, 0.25) is 0 Å². The fraction of sp³-hybridized carbons (Fsp3) is 0.125. The number of benzene rings is 2. The molecule has 5 heteroatoms. The molecule has 0 aliphatic rings. The zero-order chi connectivity index (χ0) is 15.0. The highest BCUT2D eigenvalue weighted by Gasteiger charge is 2.17. The molecule has 3 aromatic rings. The molecule has 0 spiro atoms. The zero-order valence-corrected chi connectivity index (χ0v) is 15.1. The van der Waals surface area contributed by atoms with Gasteiger partial charge in [0.2, 0.25) is 0 Å². The molecule has 1 nitrogen and oxygen atoms in total. The van der Waals surface area contributed by atoms with Crippen molar-refractivity contribution in [3.8, 4) is 5.75 Å². The Kier molecular flexibility index (Phi) is 4.33. The number of fused-ring (bicyclic) bond motifs is 1. The Balaban J connectivity index is 2.08. The van der Waals surface area contributed by atoms with Crippen molar-refractivity contribution in [2.24, 2.45) is 0 Å². The normalized spacial score (nSPS) is 12.6. The number of hydrogen-bond donors (Lipinski definition) is 0. The first-order chi connectivity index (χ1) is 10.1. The van der Waals surface area contributed by atoms with Gasteiger partial charge in [-0.25, -0.2) is 4.39 Å². The molecule has 0 amide bonds. The van der Waals surface area contributed by atoms with Crippen molar-refractivity contribution in [3.05, 3.63) is 63.2 Å². The Morgan fingerprint density at radius 1 is 1.24 bits per heavy atom. The Morgan fingerprint density at radius 3 is 2.81 bits per heavy atom. The fourth-order valence-electron chi connectivity index (χ4n) is 2.25. The third-order valence-corrected chi connectivity index (χ3v) is 6.32. The number of halogens is 3. The molecule has 21 heavy (non-hydrogen) atoms. The number of alkyl halides is 1. The van der Waals surface area contributed by atoms with E-state index in [2.05, 4.69) is 43.3 Å². The van der Waals surface area contributed by atoms with E-state index in [1.54, 1.807) is 23.5 Å². The molecule has 0 fully saturated rings. The highest BCUT2D eigenvalue weighted by molar-refractivity contribution is 9.10. The minimum absolute atomic E-state index is 0.00458. The van der Waals surface area contributed by atoms with Gasteiger partial charge in [0.25, 0.3) is 0 Å². The van der Waals surface area contributed by atoms with Crippen LogP contribution in [0.3, 0.4) is 0 Å². The summed E-state index contributed by atoms with van der Waals surface area (Å²) in [4.78, 5) is -0.00458. The molecule has 3 rings (SSSR count). The average molecular weight is 430 g/mol. The molecule has 0 saturated carbocycles. The maximum atomic E-state index is 13.5. The van der Waals surface area contributed by atoms with Gasteiger partial charge < -0.3 is 4.74 Å². The number of hydrogen-bond acceptors (Lipinski definition) is 2. The monoisotopic (exact) mass is 428 g/mol. The summed E-state index contributed by atoms with van der Waals surface area (Å²) in [6.07, 6.45) is 0. The van der Waals surface area contributed by atoms with Gasteiger partial charge >= 0.3 is 0 Å². The van der Waals surface area contributed by atoms with E-state index in [1.807, 2.05) is 12.1 Å². The van der Waals surface area contributed by atoms with E-state index < -0.39 is 0 Å². The molecule has 2 aromatic carbocycles. The van der Waals surface area contributed by atoms with Gasteiger partial charge in [-0.05, 0) is 56.0 Å². The van der Waals surface area contributed by atoms with E-state index in [0.29, 0.717) is 0 Å². The van der Waals surface area contributed by atoms with Crippen LogP contribution < -0.4 is 4.74 Å². The van der Waals surface area contributed by atoms with Crippen LogP contribution in [0.15, 0.2) is 46.3 Å². The number of thiophene rings is 1. The van der Waals surface area contributed by atoms with Gasteiger partial charge in [0.1, 0.15) is 0 Å². The van der Waals surface area contributed by atoms with Crippen LogP contribution in [-0.4, -0.2) is 7.11 Å². The molecule has 108 valence electrons. The van der Waals surface area contributed by atoms with Crippen LogP contribution in [0.1, 0.15) is 16.0 Å². The fourth-order valence-corrected chi connectivity index (χ4v) is 4.74. The van der Waals surface area contributed by atoms with Gasteiger partial charge in [-0.1, -0.05) is 34.1 Å². The van der Waals surface area contributed by atoms with Crippen molar-refractivity contribution in [1.82, 2.24) is 0 Å². The summed E-state index contributed by atoms with van der Waals surface area (Å²) < 4.78 is 20.9. The largest absolute Gasteiger partial charge is 0.494 e. The number of ether oxygens (including phenoxy) is 1. The third-order valence-electron chi connectivity index (χ3n) is 3.32. The van der Waals surface area contributed by atoms with Crippen molar-refractivity contribution in [1.29, 1.82) is 0 Å². The van der Waals surface area contributed by atoms with Crippen LogP contribution >= 0.6 is 43.2 Å². The highest BCUT2D eigenvalue weighted by atomic mass is 79.9. The Hall–Kier alpha value is -0.910. The third kappa shape index (κ3) is 2.74. The van der Waals surface area contributed by atoms with Crippen LogP contribution in [0.5, 0.6) is 5.75 Å². The van der Waals surface area contributed by atoms with Crippen molar-refractivity contribution < 1.29 is 9.13 Å². The number of rotatable bonds is 3. The van der Waals surface area contributed by atoms with Gasteiger partial charge in [-0.15, -0.1) is 11.3 Å². The molecule has 0 N–H and O–H groups in total. The van der Waals surface area contributed by atoms with Crippen molar-refractivity contribution >= 4 is 53.3 Å². The van der Waals surface area contributed by atoms with Crippen LogP contribution in [0.4, 0.5) is 4.39 Å². The van der Waals surface area contributed by atoms with Gasteiger partial charge in [-0.3, -0.25) is 0 Å². The maximum Gasteiger partial charge on any atom is 0.165 e. The van der Waals surface area contributed by atoms with Gasteiger partial charge in [-0.2, -0.15) is 0 Å². The summed E-state index contributed by atoms with van der Waals surface area (Å²) in [6, 6.07) is 11.1. The molecule has 0 aliphatic heterocycles. The lowest BCUT2D eigenvalue weighted by Crippen LogP contribution is -1.95. The van der Waals surface area contributed by atoms with E-state index in [-0.39, 0.29) is 16.4 Å². The Bertz CT molecular complexity index is 800. The van der Waals surface area contributed by atoms with E-state index in [1.165, 1.54) is 28.8 Å². The second-order valence-electron chi connectivity index (χ2n) is 4.56. The highest BCUT2D eigenvalue weighted by Crippen LogP contribution is 2.41. The van der Waals surface area contributed by atoms with E-state index in [4.69, 9.17) is 4.74 Å². The van der Waals surface area contributed by atoms with Crippen LogP contribution in [-0.2, 0) is 0 Å². The quantitative estimate of drug-likeness (QED) is 0.444. The number of methoxy groups -OCH3 is 1. The molecule has 1 atom stereocenters. The van der Waals surface area contributed by atoms with Gasteiger partial charge in [0.05, 0.1) is 11.9 Å². The van der Waals surface area contributed by atoms with Crippen molar-refractivity contribution in [2.75, 3.05) is 7.11 Å². The first kappa shape index (κ1) is 15.0. The maximum absolute atomic E-state index is 13.5. The summed E-state index contributed by atoms with van der Waals surface area (Å²) in [5.41, 5.74) is 2.14. The van der Waals surface area contributed by atoms with Crippen LogP contribution in [0.25, 0.3) is 10.1 Å². The van der Waals surface area contributed by atoms with E-state index >= 15 is 0 Å². The minimum Gasteiger partial charge on any atom is -0.494 e. The molecule has 1 heterocycles. The van der Waals surface area contributed by atoms with E-state index in [0.717, 1.165) is 10.0 Å². The summed E-state index contributed by atoms with van der Waals surface area (Å²) in [6.45, 7) is 0. The predicted molar refractivity (Wildman–Crippen MR) is 93.2 cm³/mol. The summed E-state index contributed by atoms with van der Waals surface area (Å²) in [7, 11) is 1.47. The molecule has 0 aliphatic carbocycles. The molecule has 1 unspecified atom stereocenters. The molecule has 0 bridgehead atoms. The SMILES string of the molecule is COc1cc(C(Br)c2csc3c(Br)cccc23)ccc1F. The first-order valence-electron chi connectivity index (χ1n) is 6.25. The lowest BCUT2D eigenvalue weighted by atomic mass is 10.0. The molecular weight excluding hydrogens is 419 g/mol. The smallest absolute Gasteiger partial charge is 0.165 e. The standard InChI is InChI=1S/C16H11Br2FOS/c1-20-14-7-9(5-6-13(14)19)15(18)11-8-21-16-10(11)3-2-4-12(16)17/h2-8,15H,1H3. The predicted octanol–water partition coefficient (Wildman–Crippen LogP) is 6.30. The topological polar surface area (TPSA) is 9.23 Å². The lowest BCUT2D eigenvalue weighted by molar-refractivity contribution is 0.386.